The molecule has 2 aliphatic heterocycles. The van der Waals surface area contributed by atoms with Crippen LogP contribution in [0, 0.1) is 6.92 Å². The molecule has 0 N–H and O–H groups in total. The van der Waals surface area contributed by atoms with Crippen LogP contribution in [0.1, 0.15) is 51.5 Å². The van der Waals surface area contributed by atoms with Crippen LogP contribution in [0.15, 0.2) is 55.0 Å². The lowest BCUT2D eigenvalue weighted by Crippen LogP contribution is -2.48. The van der Waals surface area contributed by atoms with Crippen LogP contribution < -0.4 is 0 Å². The van der Waals surface area contributed by atoms with Gasteiger partial charge < -0.3 is 18.9 Å². The number of imidazole rings is 1. The molecule has 0 atom stereocenters. The van der Waals surface area contributed by atoms with E-state index < -0.39 is 17.3 Å². The van der Waals surface area contributed by atoms with Crippen LogP contribution in [-0.4, -0.2) is 53.8 Å². The van der Waals surface area contributed by atoms with E-state index in [-0.39, 0.29) is 17.5 Å². The number of aromatic nitrogens is 2. The third-order valence-electron chi connectivity index (χ3n) is 7.29. The fourth-order valence-corrected chi connectivity index (χ4v) is 5.01. The minimum Gasteiger partial charge on any atom is -0.375 e. The van der Waals surface area contributed by atoms with Gasteiger partial charge in [0.05, 0.1) is 36.5 Å². The maximum Gasteiger partial charge on any atom is 0.418 e. The molecule has 0 saturated carbocycles. The Balaban J connectivity index is 1.28. The molecular formula is C27H28F3N3O3. The van der Waals surface area contributed by atoms with Crippen LogP contribution in [0.4, 0.5) is 13.2 Å². The lowest BCUT2D eigenvalue weighted by Gasteiger charge is -2.40. The molecule has 0 radical (unpaired) electrons. The van der Waals surface area contributed by atoms with Crippen LogP contribution in [0.2, 0.25) is 0 Å². The van der Waals surface area contributed by atoms with Gasteiger partial charge in [-0.05, 0) is 61.1 Å². The lowest BCUT2D eigenvalue weighted by atomic mass is 9.88. The number of alkyl halides is 3. The van der Waals surface area contributed by atoms with Crippen molar-refractivity contribution in [2.75, 3.05) is 33.4 Å². The van der Waals surface area contributed by atoms with Crippen molar-refractivity contribution in [3.8, 4) is 5.69 Å². The van der Waals surface area contributed by atoms with Crippen molar-refractivity contribution in [2.24, 2.45) is 0 Å². The molecule has 3 heterocycles. The molecule has 1 aromatic heterocycles. The summed E-state index contributed by atoms with van der Waals surface area (Å²) >= 11 is 0. The maximum atomic E-state index is 13.7. The Bertz CT molecular complexity index is 1240. The van der Waals surface area contributed by atoms with Gasteiger partial charge in [0.25, 0.3) is 5.91 Å². The number of benzene rings is 2. The van der Waals surface area contributed by atoms with Crippen molar-refractivity contribution in [1.82, 2.24) is 14.5 Å². The number of carbonyl (C=O) groups excluding carboxylic acids is 1. The number of methoxy groups -OCH3 is 1. The second-order valence-corrected chi connectivity index (χ2v) is 9.53. The van der Waals surface area contributed by atoms with Gasteiger partial charge in [0.1, 0.15) is 5.60 Å². The van der Waals surface area contributed by atoms with E-state index in [2.05, 4.69) is 4.98 Å². The molecule has 0 spiro atoms. The molecule has 0 aliphatic carbocycles. The standard InChI is InChI=1S/C27H28F3N3O3/c1-18-14-33(17-31-18)24-13-21(5-8-23(24)27(28,29)30)19-9-11-32(12-10-19)25(34)20-3-6-22(7-4-20)26(35-2)15-36-16-26/h3-8,13-14,17,19H,9-12,15-16H2,1-2H3. The highest BCUT2D eigenvalue weighted by molar-refractivity contribution is 5.94. The minimum absolute atomic E-state index is 0.0432. The topological polar surface area (TPSA) is 56.6 Å². The number of hydrogen-bond acceptors (Lipinski definition) is 4. The average Bonchev–Trinajstić information content (AvgIpc) is 3.29. The molecule has 6 nitrogen and oxygen atoms in total. The first kappa shape index (κ1) is 24.5. The van der Waals surface area contributed by atoms with Crippen LogP contribution in [0.3, 0.4) is 0 Å². The molecule has 9 heteroatoms. The molecule has 36 heavy (non-hydrogen) atoms. The van der Waals surface area contributed by atoms with Crippen LogP contribution in [-0.2, 0) is 21.3 Å². The summed E-state index contributed by atoms with van der Waals surface area (Å²) in [7, 11) is 1.65. The molecule has 2 aromatic carbocycles. The fraction of sp³-hybridized carbons (Fsp3) is 0.407. The molecule has 3 aromatic rings. The number of rotatable bonds is 5. The summed E-state index contributed by atoms with van der Waals surface area (Å²) in [5, 5.41) is 0. The van der Waals surface area contributed by atoms with Gasteiger partial charge in [-0.25, -0.2) is 4.98 Å². The monoisotopic (exact) mass is 499 g/mol. The van der Waals surface area contributed by atoms with Crippen molar-refractivity contribution >= 4 is 5.91 Å². The van der Waals surface area contributed by atoms with E-state index in [1.165, 1.54) is 10.9 Å². The number of piperidine rings is 1. The number of aryl methyl sites for hydroxylation is 1. The Hall–Kier alpha value is -3.17. The van der Waals surface area contributed by atoms with Gasteiger partial charge in [-0.1, -0.05) is 18.2 Å². The Labute approximate surface area is 207 Å². The zero-order valence-corrected chi connectivity index (χ0v) is 20.2. The van der Waals surface area contributed by atoms with Gasteiger partial charge >= 0.3 is 6.18 Å². The summed E-state index contributed by atoms with van der Waals surface area (Å²) in [4.78, 5) is 19.0. The molecular weight excluding hydrogens is 471 g/mol. The zero-order chi connectivity index (χ0) is 25.5. The van der Waals surface area contributed by atoms with E-state index in [0.717, 1.165) is 17.2 Å². The van der Waals surface area contributed by atoms with Crippen molar-refractivity contribution < 1.29 is 27.4 Å². The normalized spacial score (nSPS) is 18.2. The molecule has 190 valence electrons. The van der Waals surface area contributed by atoms with E-state index in [1.807, 2.05) is 29.2 Å². The molecule has 1 amide bonds. The summed E-state index contributed by atoms with van der Waals surface area (Å²) in [6.07, 6.45) is -0.106. The maximum absolute atomic E-state index is 13.7. The molecule has 2 fully saturated rings. The lowest BCUT2D eigenvalue weighted by molar-refractivity contribution is -0.202. The molecule has 0 bridgehead atoms. The Kier molecular flexibility index (Phi) is 6.38. The number of hydrogen-bond donors (Lipinski definition) is 0. The quantitative estimate of drug-likeness (QED) is 0.491. The van der Waals surface area contributed by atoms with Crippen LogP contribution in [0.5, 0.6) is 0 Å². The second-order valence-electron chi connectivity index (χ2n) is 9.53. The predicted octanol–water partition coefficient (Wildman–Crippen LogP) is 5.09. The van der Waals surface area contributed by atoms with Crippen molar-refractivity contribution in [3.63, 3.8) is 0 Å². The third kappa shape index (κ3) is 4.53. The summed E-state index contributed by atoms with van der Waals surface area (Å²) in [6, 6.07) is 11.8. The Morgan fingerprint density at radius 1 is 1.11 bits per heavy atom. The highest BCUT2D eigenvalue weighted by Gasteiger charge is 2.40. The number of ether oxygens (including phenoxy) is 2. The van der Waals surface area contributed by atoms with Gasteiger partial charge in [0.2, 0.25) is 0 Å². The van der Waals surface area contributed by atoms with E-state index in [0.29, 0.717) is 50.4 Å². The smallest absolute Gasteiger partial charge is 0.375 e. The van der Waals surface area contributed by atoms with E-state index in [9.17, 15) is 18.0 Å². The summed E-state index contributed by atoms with van der Waals surface area (Å²) in [6.45, 7) is 3.82. The van der Waals surface area contributed by atoms with Gasteiger partial charge in [0.15, 0.2) is 0 Å². The second kappa shape index (κ2) is 9.37. The number of likely N-dealkylation sites (tertiary alicyclic amines) is 1. The van der Waals surface area contributed by atoms with Crippen molar-refractivity contribution in [3.05, 3.63) is 82.9 Å². The fourth-order valence-electron chi connectivity index (χ4n) is 5.01. The van der Waals surface area contributed by atoms with Gasteiger partial charge in [-0.3, -0.25) is 4.79 Å². The number of halogens is 3. The van der Waals surface area contributed by atoms with E-state index in [1.54, 1.807) is 32.4 Å². The van der Waals surface area contributed by atoms with Crippen LogP contribution in [0.25, 0.3) is 5.69 Å². The molecule has 5 rings (SSSR count). The predicted molar refractivity (Wildman–Crippen MR) is 127 cm³/mol. The minimum atomic E-state index is -4.47. The first-order chi connectivity index (χ1) is 17.2. The average molecular weight is 500 g/mol. The molecule has 2 aliphatic rings. The molecule has 0 unspecified atom stereocenters. The van der Waals surface area contributed by atoms with Crippen LogP contribution >= 0.6 is 0 Å². The van der Waals surface area contributed by atoms with Gasteiger partial charge in [-0.15, -0.1) is 0 Å². The molecule has 2 saturated heterocycles. The summed E-state index contributed by atoms with van der Waals surface area (Å²) < 4.78 is 53.3. The van der Waals surface area contributed by atoms with Crippen molar-refractivity contribution in [2.45, 2.75) is 37.5 Å². The number of nitrogens with zero attached hydrogens (tertiary/aromatic N) is 3. The Morgan fingerprint density at radius 3 is 2.33 bits per heavy atom. The number of amides is 1. The first-order valence-electron chi connectivity index (χ1n) is 11.9. The van der Waals surface area contributed by atoms with Gasteiger partial charge in [0, 0.05) is 32.0 Å². The largest absolute Gasteiger partial charge is 0.418 e. The highest BCUT2D eigenvalue weighted by Crippen LogP contribution is 2.38. The van der Waals surface area contributed by atoms with E-state index >= 15 is 0 Å². The number of carbonyl (C=O) groups is 1. The van der Waals surface area contributed by atoms with E-state index in [4.69, 9.17) is 9.47 Å². The van der Waals surface area contributed by atoms with Gasteiger partial charge in [-0.2, -0.15) is 13.2 Å². The summed E-state index contributed by atoms with van der Waals surface area (Å²) in [5.74, 6) is 0.0283. The van der Waals surface area contributed by atoms with Crippen molar-refractivity contribution in [1.29, 1.82) is 0 Å². The third-order valence-corrected chi connectivity index (χ3v) is 7.29. The first-order valence-corrected chi connectivity index (χ1v) is 11.9. The summed E-state index contributed by atoms with van der Waals surface area (Å²) in [5.41, 5.74) is 2.03. The zero-order valence-electron chi connectivity index (χ0n) is 20.2. The Morgan fingerprint density at radius 2 is 1.81 bits per heavy atom. The SMILES string of the molecule is COC1(c2ccc(C(=O)N3CCC(c4ccc(C(F)(F)F)c(-n5cnc(C)c5)c4)CC3)cc2)COC1. The highest BCUT2D eigenvalue weighted by atomic mass is 19.4.